The van der Waals surface area contributed by atoms with E-state index < -0.39 is 0 Å². The molecule has 6 nitrogen and oxygen atoms in total. The van der Waals surface area contributed by atoms with Crippen molar-refractivity contribution in [1.82, 2.24) is 9.97 Å². The van der Waals surface area contributed by atoms with Crippen LogP contribution in [0.1, 0.15) is 37.9 Å². The third kappa shape index (κ3) is 4.39. The molecule has 148 valence electrons. The molecule has 0 bridgehead atoms. The molecule has 28 heavy (non-hydrogen) atoms. The monoisotopic (exact) mass is 383 g/mol. The number of hydrogen-bond acceptors (Lipinski definition) is 6. The Morgan fingerprint density at radius 3 is 2.36 bits per heavy atom. The highest BCUT2D eigenvalue weighted by Gasteiger charge is 2.24. The first kappa shape index (κ1) is 20.0. The second-order valence-electron chi connectivity index (χ2n) is 7.98. The molecule has 1 fully saturated rings. The number of methoxy groups -OCH3 is 1. The lowest BCUT2D eigenvalue weighted by Crippen LogP contribution is -2.47. The van der Waals surface area contributed by atoms with Crippen LogP contribution in [0, 0.1) is 17.1 Å². The van der Waals surface area contributed by atoms with Crippen LogP contribution >= 0.6 is 0 Å². The van der Waals surface area contributed by atoms with Crippen molar-refractivity contribution in [3.8, 4) is 6.07 Å². The fourth-order valence-corrected chi connectivity index (χ4v) is 3.21. The van der Waals surface area contributed by atoms with Gasteiger partial charge in [0.25, 0.3) is 0 Å². The molecule has 3 rings (SSSR count). The molecule has 2 aromatic rings. The maximum Gasteiger partial charge on any atom is 0.147 e. The highest BCUT2D eigenvalue weighted by molar-refractivity contribution is 5.53. The van der Waals surface area contributed by atoms with Gasteiger partial charge in [0.2, 0.25) is 0 Å². The number of piperazine rings is 1. The van der Waals surface area contributed by atoms with Crippen molar-refractivity contribution in [2.45, 2.75) is 32.8 Å². The standard InChI is InChI=1S/C21H26FN5O/c1-21(2,3)20-24-16(14-28-4)12-19(25-20)27-9-7-26(8-10-27)18-6-5-15(13-23)11-17(18)22/h5-6,11-12H,7-10,14H2,1-4H3. The van der Waals surface area contributed by atoms with E-state index in [9.17, 15) is 4.39 Å². The molecule has 0 spiro atoms. The van der Waals surface area contributed by atoms with Crippen molar-refractivity contribution in [3.05, 3.63) is 47.2 Å². The zero-order valence-electron chi connectivity index (χ0n) is 16.9. The second kappa shape index (κ2) is 8.11. The Labute approximate surface area is 165 Å². The van der Waals surface area contributed by atoms with E-state index in [1.54, 1.807) is 19.2 Å². The van der Waals surface area contributed by atoms with E-state index in [-0.39, 0.29) is 11.2 Å². The van der Waals surface area contributed by atoms with Crippen molar-refractivity contribution >= 4 is 11.5 Å². The number of nitrogens with zero attached hydrogens (tertiary/aromatic N) is 5. The number of hydrogen-bond donors (Lipinski definition) is 0. The summed E-state index contributed by atoms with van der Waals surface area (Å²) in [6.45, 7) is 9.53. The number of aromatic nitrogens is 2. The first-order valence-corrected chi connectivity index (χ1v) is 9.39. The predicted octanol–water partition coefficient (Wildman–Crippen LogP) is 3.26. The molecule has 0 radical (unpaired) electrons. The van der Waals surface area contributed by atoms with Gasteiger partial charge in [-0.2, -0.15) is 5.26 Å². The lowest BCUT2D eigenvalue weighted by molar-refractivity contribution is 0.181. The molecule has 0 unspecified atom stereocenters. The van der Waals surface area contributed by atoms with Gasteiger partial charge in [0.15, 0.2) is 0 Å². The summed E-state index contributed by atoms with van der Waals surface area (Å²) >= 11 is 0. The SMILES string of the molecule is COCc1cc(N2CCN(c3ccc(C#N)cc3F)CC2)nc(C(C)(C)C)n1. The first-order valence-electron chi connectivity index (χ1n) is 9.39. The van der Waals surface area contributed by atoms with E-state index in [0.717, 1.165) is 30.4 Å². The Bertz CT molecular complexity index is 879. The minimum Gasteiger partial charge on any atom is -0.378 e. The minimum atomic E-state index is -0.355. The van der Waals surface area contributed by atoms with Crippen molar-refractivity contribution in [2.24, 2.45) is 0 Å². The van der Waals surface area contributed by atoms with Gasteiger partial charge in [0, 0.05) is 44.8 Å². The molecule has 7 heteroatoms. The van der Waals surface area contributed by atoms with Crippen LogP contribution in [-0.2, 0) is 16.8 Å². The molecule has 1 aromatic heterocycles. The smallest absolute Gasteiger partial charge is 0.147 e. The van der Waals surface area contributed by atoms with Crippen LogP contribution < -0.4 is 9.80 Å². The average Bonchev–Trinajstić information content (AvgIpc) is 2.67. The fourth-order valence-electron chi connectivity index (χ4n) is 3.21. The molecule has 0 N–H and O–H groups in total. The number of halogens is 1. The molecule has 1 aromatic carbocycles. The van der Waals surface area contributed by atoms with Gasteiger partial charge in [-0.15, -0.1) is 0 Å². The van der Waals surface area contributed by atoms with E-state index in [1.165, 1.54) is 6.07 Å². The van der Waals surface area contributed by atoms with Crippen LogP contribution in [0.5, 0.6) is 0 Å². The van der Waals surface area contributed by atoms with Gasteiger partial charge < -0.3 is 14.5 Å². The Morgan fingerprint density at radius 1 is 1.11 bits per heavy atom. The van der Waals surface area contributed by atoms with E-state index in [0.29, 0.717) is 30.9 Å². The Balaban J connectivity index is 1.77. The van der Waals surface area contributed by atoms with Crippen LogP contribution in [0.25, 0.3) is 0 Å². The third-order valence-electron chi connectivity index (χ3n) is 4.75. The lowest BCUT2D eigenvalue weighted by atomic mass is 9.95. The van der Waals surface area contributed by atoms with Gasteiger partial charge >= 0.3 is 0 Å². The Kier molecular flexibility index (Phi) is 5.80. The molecule has 0 amide bonds. The summed E-state index contributed by atoms with van der Waals surface area (Å²) in [5.74, 6) is 1.32. The third-order valence-corrected chi connectivity index (χ3v) is 4.75. The molecule has 2 heterocycles. The second-order valence-corrected chi connectivity index (χ2v) is 7.98. The van der Waals surface area contributed by atoms with Crippen molar-refractivity contribution < 1.29 is 9.13 Å². The average molecular weight is 383 g/mol. The van der Waals surface area contributed by atoms with Crippen LogP contribution in [0.15, 0.2) is 24.3 Å². The van der Waals surface area contributed by atoms with Crippen molar-refractivity contribution in [1.29, 1.82) is 5.26 Å². The summed E-state index contributed by atoms with van der Waals surface area (Å²) in [6, 6.07) is 8.57. The largest absolute Gasteiger partial charge is 0.378 e. The number of anilines is 2. The summed E-state index contributed by atoms with van der Waals surface area (Å²) in [4.78, 5) is 13.6. The van der Waals surface area contributed by atoms with E-state index in [1.807, 2.05) is 17.0 Å². The lowest BCUT2D eigenvalue weighted by Gasteiger charge is -2.37. The summed E-state index contributed by atoms with van der Waals surface area (Å²) in [7, 11) is 1.66. The van der Waals surface area contributed by atoms with Crippen LogP contribution in [0.2, 0.25) is 0 Å². The zero-order chi connectivity index (χ0) is 20.3. The van der Waals surface area contributed by atoms with Gasteiger partial charge in [0.05, 0.1) is 29.6 Å². The Hall–Kier alpha value is -2.72. The highest BCUT2D eigenvalue weighted by atomic mass is 19.1. The van der Waals surface area contributed by atoms with Gasteiger partial charge in [0.1, 0.15) is 17.5 Å². The van der Waals surface area contributed by atoms with Crippen LogP contribution in [0.4, 0.5) is 15.9 Å². The molecule has 0 aliphatic carbocycles. The van der Waals surface area contributed by atoms with Gasteiger partial charge in [-0.1, -0.05) is 20.8 Å². The zero-order valence-corrected chi connectivity index (χ0v) is 16.9. The normalized spacial score (nSPS) is 14.9. The first-order chi connectivity index (χ1) is 13.3. The molecular weight excluding hydrogens is 357 g/mol. The molecule has 0 saturated carbocycles. The van der Waals surface area contributed by atoms with Crippen molar-refractivity contribution in [2.75, 3.05) is 43.1 Å². The maximum absolute atomic E-state index is 14.3. The highest BCUT2D eigenvalue weighted by Crippen LogP contribution is 2.26. The quantitative estimate of drug-likeness (QED) is 0.807. The number of nitriles is 1. The maximum atomic E-state index is 14.3. The fraction of sp³-hybridized carbons (Fsp3) is 0.476. The predicted molar refractivity (Wildman–Crippen MR) is 107 cm³/mol. The van der Waals surface area contributed by atoms with Gasteiger partial charge in [-0.25, -0.2) is 14.4 Å². The molecule has 1 aliphatic heterocycles. The summed E-state index contributed by atoms with van der Waals surface area (Å²) in [6.07, 6.45) is 0. The summed E-state index contributed by atoms with van der Waals surface area (Å²) < 4.78 is 19.6. The summed E-state index contributed by atoms with van der Waals surface area (Å²) in [5.41, 5.74) is 1.57. The van der Waals surface area contributed by atoms with E-state index in [4.69, 9.17) is 15.0 Å². The van der Waals surface area contributed by atoms with Crippen molar-refractivity contribution in [3.63, 3.8) is 0 Å². The van der Waals surface area contributed by atoms with E-state index in [2.05, 4.69) is 30.7 Å². The van der Waals surface area contributed by atoms with Crippen LogP contribution in [0.3, 0.4) is 0 Å². The minimum absolute atomic E-state index is 0.161. The van der Waals surface area contributed by atoms with Crippen LogP contribution in [-0.4, -0.2) is 43.3 Å². The molecular formula is C21H26FN5O. The molecule has 1 aliphatic rings. The molecule has 0 atom stereocenters. The number of ether oxygens (including phenoxy) is 1. The number of benzene rings is 1. The van der Waals surface area contributed by atoms with Gasteiger partial charge in [-0.05, 0) is 18.2 Å². The van der Waals surface area contributed by atoms with Gasteiger partial charge in [-0.3, -0.25) is 0 Å². The number of rotatable bonds is 4. The van der Waals surface area contributed by atoms with E-state index >= 15 is 0 Å². The summed E-state index contributed by atoms with van der Waals surface area (Å²) in [5, 5.41) is 8.91. The Morgan fingerprint density at radius 2 is 1.79 bits per heavy atom. The molecule has 1 saturated heterocycles. The topological polar surface area (TPSA) is 65.3 Å².